The molecule has 3 aromatic heterocycles. The first-order chi connectivity index (χ1) is 18.6. The molecule has 5 heteroatoms. The Bertz CT molecular complexity index is 1680. The monoisotopic (exact) mass is 680 g/mol. The Morgan fingerprint density at radius 3 is 2.35 bits per heavy atom. The maximum absolute atomic E-state index is 7.49. The van der Waals surface area contributed by atoms with Crippen LogP contribution in [0.4, 0.5) is 0 Å². The Morgan fingerprint density at radius 2 is 1.68 bits per heavy atom. The molecule has 37 heavy (non-hydrogen) atoms. The molecule has 3 heterocycles. The Balaban J connectivity index is 0.000000238. The van der Waals surface area contributed by atoms with Gasteiger partial charge in [-0.3, -0.25) is 0 Å². The molecule has 0 N–H and O–H groups in total. The molecule has 0 bridgehead atoms. The molecule has 0 saturated carbocycles. The van der Waals surface area contributed by atoms with Crippen molar-refractivity contribution in [2.75, 3.05) is 0 Å². The summed E-state index contributed by atoms with van der Waals surface area (Å²) < 4.78 is 28.7. The minimum atomic E-state index is -2.16. The molecule has 0 fully saturated rings. The molecule has 0 unspecified atom stereocenters. The van der Waals surface area contributed by atoms with Crippen LogP contribution in [-0.2, 0) is 20.1 Å². The van der Waals surface area contributed by atoms with Crippen LogP contribution in [0.25, 0.3) is 44.5 Å². The molecule has 3 nitrogen and oxygen atoms in total. The third-order valence-corrected chi connectivity index (χ3v) is 8.01. The van der Waals surface area contributed by atoms with Crippen LogP contribution in [0.3, 0.4) is 0 Å². The quantitative estimate of drug-likeness (QED) is 0.141. The third kappa shape index (κ3) is 5.96. The average molecular weight is 680 g/mol. The van der Waals surface area contributed by atoms with E-state index in [9.17, 15) is 0 Å². The Hall–Kier alpha value is -3.37. The van der Waals surface area contributed by atoms with Gasteiger partial charge in [-0.05, 0) is 35.9 Å². The minimum Gasteiger partial charge on any atom is -0.501 e. The molecule has 0 atom stereocenters. The molecule has 1 radical (unpaired) electrons. The van der Waals surface area contributed by atoms with E-state index in [2.05, 4.69) is 59.9 Å². The second kappa shape index (κ2) is 11.3. The van der Waals surface area contributed by atoms with Gasteiger partial charge < -0.3 is 14.4 Å². The predicted octanol–water partition coefficient (Wildman–Crippen LogP) is 7.85. The van der Waals surface area contributed by atoms with Crippen molar-refractivity contribution in [3.63, 3.8) is 0 Å². The van der Waals surface area contributed by atoms with E-state index < -0.39 is 14.9 Å². The number of fused-ring (bicyclic) bond motifs is 3. The Labute approximate surface area is 237 Å². The number of rotatable bonds is 3. The van der Waals surface area contributed by atoms with Crippen LogP contribution >= 0.6 is 0 Å². The summed E-state index contributed by atoms with van der Waals surface area (Å²) in [7, 11) is -1.43. The van der Waals surface area contributed by atoms with Gasteiger partial charge in [-0.1, -0.05) is 72.2 Å². The minimum absolute atomic E-state index is 0. The van der Waals surface area contributed by atoms with Gasteiger partial charge in [0.1, 0.15) is 5.58 Å². The van der Waals surface area contributed by atoms with Crippen LogP contribution in [-0.4, -0.2) is 18.0 Å². The van der Waals surface area contributed by atoms with E-state index in [1.165, 1.54) is 11.4 Å². The van der Waals surface area contributed by atoms with E-state index in [1.54, 1.807) is 18.3 Å². The number of aromatic nitrogens is 2. The standard InChI is InChI=1S/C21H20NOSi.C11H8N.Ir/c1-14-8-11-19(22-13-14)18-7-5-6-17-16-10-9-15(24(2,3)4)12-20(16)23-21(17)18;1-2-6-10(7-3-1)11-8-4-5-9-12-11;/h5-6,8-13H,1-4H3;1-6,8-9H;/q2*-1;/i1D3;;. The first-order valence-corrected chi connectivity index (χ1v) is 15.3. The first-order valence-electron chi connectivity index (χ1n) is 13.3. The average Bonchev–Trinajstić information content (AvgIpc) is 3.32. The van der Waals surface area contributed by atoms with Crippen LogP contribution in [0.1, 0.15) is 9.68 Å². The summed E-state index contributed by atoms with van der Waals surface area (Å²) in [6.07, 6.45) is 3.19. The topological polar surface area (TPSA) is 38.9 Å². The Morgan fingerprint density at radius 1 is 0.811 bits per heavy atom. The molecule has 6 aromatic rings. The van der Waals surface area contributed by atoms with E-state index in [-0.39, 0.29) is 25.7 Å². The van der Waals surface area contributed by atoms with E-state index >= 15 is 0 Å². The molecular formula is C32H28IrN2OSi-2. The fourth-order valence-electron chi connectivity index (χ4n) is 4.01. The van der Waals surface area contributed by atoms with Crippen LogP contribution < -0.4 is 5.19 Å². The molecule has 3 aromatic carbocycles. The second-order valence-electron chi connectivity index (χ2n) is 9.58. The SMILES string of the molecule is [2H]C([2H])([2H])c1ccc(-c2[c-]ccc3c2oc2cc([Si](C)(C)C)ccc23)nc1.[Ir].[c-]1ccccc1-c1ccccn1. The van der Waals surface area contributed by atoms with Crippen LogP contribution in [0.5, 0.6) is 0 Å². The summed E-state index contributed by atoms with van der Waals surface area (Å²) in [5.74, 6) is 0. The molecule has 0 spiro atoms. The largest absolute Gasteiger partial charge is 0.501 e. The van der Waals surface area contributed by atoms with Crippen molar-refractivity contribution in [1.29, 1.82) is 0 Å². The van der Waals surface area contributed by atoms with Gasteiger partial charge in [0.2, 0.25) is 0 Å². The maximum Gasteiger partial charge on any atom is 0.120 e. The van der Waals surface area contributed by atoms with Gasteiger partial charge in [-0.25, -0.2) is 0 Å². The first kappa shape index (κ1) is 22.8. The number of furan rings is 1. The molecule has 0 amide bonds. The molecular weight excluding hydrogens is 649 g/mol. The normalized spacial score (nSPS) is 12.6. The van der Waals surface area contributed by atoms with Crippen molar-refractivity contribution < 1.29 is 28.6 Å². The zero-order chi connectivity index (χ0) is 27.6. The van der Waals surface area contributed by atoms with Crippen molar-refractivity contribution in [2.45, 2.75) is 26.5 Å². The van der Waals surface area contributed by atoms with Gasteiger partial charge in [-0.2, -0.15) is 0 Å². The predicted molar refractivity (Wildman–Crippen MR) is 152 cm³/mol. The summed E-state index contributed by atoms with van der Waals surface area (Å²) in [4.78, 5) is 8.57. The number of nitrogens with zero attached hydrogens (tertiary/aromatic N) is 2. The maximum atomic E-state index is 7.49. The van der Waals surface area contributed by atoms with Crippen LogP contribution in [0.15, 0.2) is 102 Å². The van der Waals surface area contributed by atoms with Crippen molar-refractivity contribution in [3.8, 4) is 22.5 Å². The van der Waals surface area contributed by atoms with Crippen molar-refractivity contribution in [2.24, 2.45) is 0 Å². The van der Waals surface area contributed by atoms with Gasteiger partial charge in [0.05, 0.1) is 13.7 Å². The number of hydrogen-bond acceptors (Lipinski definition) is 3. The van der Waals surface area contributed by atoms with Gasteiger partial charge >= 0.3 is 0 Å². The summed E-state index contributed by atoms with van der Waals surface area (Å²) >= 11 is 0. The Kier molecular flexibility index (Phi) is 6.99. The third-order valence-electron chi connectivity index (χ3n) is 5.97. The van der Waals surface area contributed by atoms with Crippen molar-refractivity contribution in [3.05, 3.63) is 115 Å². The molecule has 0 aliphatic carbocycles. The summed E-state index contributed by atoms with van der Waals surface area (Å²) in [6, 6.07) is 33.7. The fourth-order valence-corrected chi connectivity index (χ4v) is 5.16. The summed E-state index contributed by atoms with van der Waals surface area (Å²) in [5, 5.41) is 3.43. The van der Waals surface area contributed by atoms with Crippen molar-refractivity contribution >= 4 is 35.2 Å². The smallest absolute Gasteiger partial charge is 0.120 e. The van der Waals surface area contributed by atoms with E-state index in [1.807, 2.05) is 54.6 Å². The zero-order valence-electron chi connectivity index (χ0n) is 23.9. The van der Waals surface area contributed by atoms with Crippen molar-refractivity contribution in [1.82, 2.24) is 9.97 Å². The fraction of sp³-hybridized carbons (Fsp3) is 0.125. The van der Waals surface area contributed by atoms with Gasteiger partial charge in [-0.15, -0.1) is 54.1 Å². The zero-order valence-corrected chi connectivity index (χ0v) is 24.3. The molecule has 6 rings (SSSR count). The molecule has 0 saturated heterocycles. The van der Waals surface area contributed by atoms with Gasteiger partial charge in [0.25, 0.3) is 0 Å². The summed E-state index contributed by atoms with van der Waals surface area (Å²) in [6.45, 7) is 4.78. The number of aryl methyl sites for hydroxylation is 1. The number of hydrogen-bond donors (Lipinski definition) is 0. The second-order valence-corrected chi connectivity index (χ2v) is 14.7. The molecule has 0 aliphatic heterocycles. The van der Waals surface area contributed by atoms with E-state index in [4.69, 9.17) is 8.53 Å². The molecule has 187 valence electrons. The number of benzene rings is 3. The van der Waals surface area contributed by atoms with Crippen LogP contribution in [0.2, 0.25) is 19.6 Å². The summed E-state index contributed by atoms with van der Waals surface area (Å²) in [5.41, 5.74) is 5.23. The van der Waals surface area contributed by atoms with Gasteiger partial charge in [0.15, 0.2) is 0 Å². The van der Waals surface area contributed by atoms with E-state index in [0.717, 1.165) is 38.8 Å². The van der Waals surface area contributed by atoms with E-state index in [0.29, 0.717) is 5.69 Å². The van der Waals surface area contributed by atoms with Crippen LogP contribution in [0, 0.1) is 19.0 Å². The van der Waals surface area contributed by atoms with Gasteiger partial charge in [0, 0.05) is 42.0 Å². The molecule has 0 aliphatic rings. The number of pyridine rings is 2.